The first-order valence-electron chi connectivity index (χ1n) is 3.65. The average molecular weight is 140 g/mol. The number of allylic oxidation sites excluding steroid dienone is 1. The van der Waals surface area contributed by atoms with Crippen LogP contribution in [0.15, 0.2) is 12.2 Å². The Morgan fingerprint density at radius 2 is 2.50 bits per heavy atom. The van der Waals surface area contributed by atoms with Crippen molar-refractivity contribution in [3.63, 3.8) is 0 Å². The molecule has 1 saturated heterocycles. The Kier molecular flexibility index (Phi) is 2.49. The van der Waals surface area contributed by atoms with Crippen LogP contribution in [0.4, 0.5) is 0 Å². The molecule has 0 amide bonds. The van der Waals surface area contributed by atoms with Gasteiger partial charge < -0.3 is 4.74 Å². The Labute approximate surface area is 60.9 Å². The van der Waals surface area contributed by atoms with Crippen molar-refractivity contribution in [3.05, 3.63) is 12.2 Å². The van der Waals surface area contributed by atoms with Gasteiger partial charge in [-0.3, -0.25) is 4.79 Å². The van der Waals surface area contributed by atoms with Gasteiger partial charge in [0.2, 0.25) is 0 Å². The lowest BCUT2D eigenvalue weighted by molar-refractivity contribution is -0.150. The number of rotatable bonds is 1. The van der Waals surface area contributed by atoms with Crippen LogP contribution in [0.2, 0.25) is 0 Å². The fourth-order valence-electron chi connectivity index (χ4n) is 1.08. The Balaban J connectivity index is 2.39. The average Bonchev–Trinajstić information content (AvgIpc) is 1.88. The van der Waals surface area contributed by atoms with Gasteiger partial charge >= 0.3 is 5.97 Å². The van der Waals surface area contributed by atoms with Crippen LogP contribution in [-0.4, -0.2) is 12.1 Å². The molecule has 0 aromatic heterocycles. The summed E-state index contributed by atoms with van der Waals surface area (Å²) < 4.78 is 5.00. The molecular formula is C8H12O2. The Morgan fingerprint density at radius 1 is 1.70 bits per heavy atom. The molecular weight excluding hydrogens is 128 g/mol. The standard InChI is InChI=1S/C8H12O2/c1-2-4-7-5-3-6-8(9)10-7/h2,4,7H,3,5-6H2,1H3/b4-2+. The van der Waals surface area contributed by atoms with Crippen LogP contribution < -0.4 is 0 Å². The van der Waals surface area contributed by atoms with E-state index in [1.54, 1.807) is 0 Å². The molecule has 1 fully saturated rings. The number of carbonyl (C=O) groups is 1. The van der Waals surface area contributed by atoms with Gasteiger partial charge in [0, 0.05) is 6.42 Å². The van der Waals surface area contributed by atoms with Crippen LogP contribution in [0.1, 0.15) is 26.2 Å². The molecule has 1 aliphatic heterocycles. The van der Waals surface area contributed by atoms with E-state index in [4.69, 9.17) is 4.74 Å². The van der Waals surface area contributed by atoms with Crippen LogP contribution in [0.5, 0.6) is 0 Å². The lowest BCUT2D eigenvalue weighted by Crippen LogP contribution is -2.21. The van der Waals surface area contributed by atoms with Gasteiger partial charge in [0.25, 0.3) is 0 Å². The summed E-state index contributed by atoms with van der Waals surface area (Å²) in [5, 5.41) is 0. The third-order valence-electron chi connectivity index (χ3n) is 1.56. The van der Waals surface area contributed by atoms with Crippen molar-refractivity contribution in [1.29, 1.82) is 0 Å². The van der Waals surface area contributed by atoms with E-state index >= 15 is 0 Å². The fraction of sp³-hybridized carbons (Fsp3) is 0.625. The first-order valence-corrected chi connectivity index (χ1v) is 3.65. The van der Waals surface area contributed by atoms with Crippen molar-refractivity contribution in [2.75, 3.05) is 0 Å². The van der Waals surface area contributed by atoms with Crippen molar-refractivity contribution in [1.82, 2.24) is 0 Å². The van der Waals surface area contributed by atoms with Crippen LogP contribution >= 0.6 is 0 Å². The zero-order valence-corrected chi connectivity index (χ0v) is 6.17. The van der Waals surface area contributed by atoms with Crippen LogP contribution in [-0.2, 0) is 9.53 Å². The SMILES string of the molecule is C/C=C/C1CCCC(=O)O1. The maximum absolute atomic E-state index is 10.7. The van der Waals surface area contributed by atoms with Crippen molar-refractivity contribution in [3.8, 4) is 0 Å². The van der Waals surface area contributed by atoms with Gasteiger partial charge in [-0.05, 0) is 25.8 Å². The van der Waals surface area contributed by atoms with Crippen molar-refractivity contribution in [2.24, 2.45) is 0 Å². The van der Waals surface area contributed by atoms with Crippen LogP contribution in [0.25, 0.3) is 0 Å². The molecule has 1 atom stereocenters. The first-order chi connectivity index (χ1) is 4.83. The van der Waals surface area contributed by atoms with E-state index in [-0.39, 0.29) is 12.1 Å². The van der Waals surface area contributed by atoms with Gasteiger partial charge in [-0.15, -0.1) is 0 Å². The van der Waals surface area contributed by atoms with E-state index < -0.39 is 0 Å². The number of esters is 1. The Bertz CT molecular complexity index is 149. The summed E-state index contributed by atoms with van der Waals surface area (Å²) in [5.41, 5.74) is 0. The number of hydrogen-bond donors (Lipinski definition) is 0. The lowest BCUT2D eigenvalue weighted by atomic mass is 10.1. The molecule has 0 N–H and O–H groups in total. The summed E-state index contributed by atoms with van der Waals surface area (Å²) in [7, 11) is 0. The fourth-order valence-corrected chi connectivity index (χ4v) is 1.08. The minimum absolute atomic E-state index is 0.0475. The highest BCUT2D eigenvalue weighted by atomic mass is 16.5. The minimum atomic E-state index is -0.0608. The van der Waals surface area contributed by atoms with Crippen molar-refractivity contribution >= 4 is 5.97 Å². The summed E-state index contributed by atoms with van der Waals surface area (Å²) in [5.74, 6) is -0.0608. The molecule has 1 heterocycles. The van der Waals surface area contributed by atoms with E-state index in [2.05, 4.69) is 0 Å². The Morgan fingerprint density at radius 3 is 3.10 bits per heavy atom. The minimum Gasteiger partial charge on any atom is -0.458 e. The van der Waals surface area contributed by atoms with E-state index in [9.17, 15) is 4.79 Å². The van der Waals surface area contributed by atoms with Gasteiger partial charge in [0.05, 0.1) is 0 Å². The second-order valence-electron chi connectivity index (χ2n) is 2.45. The maximum atomic E-state index is 10.7. The van der Waals surface area contributed by atoms with Crippen molar-refractivity contribution in [2.45, 2.75) is 32.3 Å². The molecule has 0 aliphatic carbocycles. The largest absolute Gasteiger partial charge is 0.458 e. The summed E-state index contributed by atoms with van der Waals surface area (Å²) in [6.07, 6.45) is 6.43. The number of ether oxygens (including phenoxy) is 1. The lowest BCUT2D eigenvalue weighted by Gasteiger charge is -2.18. The van der Waals surface area contributed by atoms with Gasteiger partial charge in [-0.25, -0.2) is 0 Å². The number of carbonyl (C=O) groups excluding carboxylic acids is 1. The van der Waals surface area contributed by atoms with Gasteiger partial charge in [0.15, 0.2) is 0 Å². The molecule has 0 saturated carbocycles. The predicted octanol–water partition coefficient (Wildman–Crippen LogP) is 1.66. The van der Waals surface area contributed by atoms with Gasteiger partial charge in [-0.2, -0.15) is 0 Å². The normalized spacial score (nSPS) is 26.9. The molecule has 0 aromatic rings. The van der Waals surface area contributed by atoms with Crippen LogP contribution in [0.3, 0.4) is 0 Å². The highest BCUT2D eigenvalue weighted by molar-refractivity contribution is 5.70. The molecule has 0 bridgehead atoms. The predicted molar refractivity (Wildman–Crippen MR) is 38.5 cm³/mol. The van der Waals surface area contributed by atoms with Gasteiger partial charge in [-0.1, -0.05) is 6.08 Å². The first kappa shape index (κ1) is 7.32. The number of cyclic esters (lactones) is 1. The van der Waals surface area contributed by atoms with Crippen molar-refractivity contribution < 1.29 is 9.53 Å². The third kappa shape index (κ3) is 1.87. The van der Waals surface area contributed by atoms with E-state index in [1.807, 2.05) is 19.1 Å². The van der Waals surface area contributed by atoms with Gasteiger partial charge in [0.1, 0.15) is 6.10 Å². The molecule has 1 rings (SSSR count). The van der Waals surface area contributed by atoms with E-state index in [0.717, 1.165) is 12.8 Å². The maximum Gasteiger partial charge on any atom is 0.306 e. The Hall–Kier alpha value is -0.790. The molecule has 2 heteroatoms. The third-order valence-corrected chi connectivity index (χ3v) is 1.56. The smallest absolute Gasteiger partial charge is 0.306 e. The highest BCUT2D eigenvalue weighted by Gasteiger charge is 2.16. The summed E-state index contributed by atoms with van der Waals surface area (Å²) >= 11 is 0. The van der Waals surface area contributed by atoms with E-state index in [1.165, 1.54) is 0 Å². The second kappa shape index (κ2) is 3.40. The topological polar surface area (TPSA) is 26.3 Å². The summed E-state index contributed by atoms with van der Waals surface area (Å²) in [6.45, 7) is 1.93. The molecule has 1 unspecified atom stereocenters. The summed E-state index contributed by atoms with van der Waals surface area (Å²) in [4.78, 5) is 10.7. The zero-order valence-electron chi connectivity index (χ0n) is 6.17. The molecule has 56 valence electrons. The monoisotopic (exact) mass is 140 g/mol. The molecule has 0 spiro atoms. The molecule has 10 heavy (non-hydrogen) atoms. The molecule has 0 radical (unpaired) electrons. The molecule has 0 aromatic carbocycles. The van der Waals surface area contributed by atoms with E-state index in [0.29, 0.717) is 6.42 Å². The van der Waals surface area contributed by atoms with Crippen LogP contribution in [0, 0.1) is 0 Å². The second-order valence-corrected chi connectivity index (χ2v) is 2.45. The summed E-state index contributed by atoms with van der Waals surface area (Å²) in [6, 6.07) is 0. The molecule has 1 aliphatic rings. The zero-order chi connectivity index (χ0) is 7.40. The molecule has 2 nitrogen and oxygen atoms in total. The number of hydrogen-bond acceptors (Lipinski definition) is 2. The highest BCUT2D eigenvalue weighted by Crippen LogP contribution is 2.14. The quantitative estimate of drug-likeness (QED) is 0.409.